The zero-order valence-corrected chi connectivity index (χ0v) is 34.3. The number of oxazole rings is 1. The molecule has 6 atom stereocenters. The standard InChI is InChI=1S/C46H32Cl2F3N5O7/c1-62-36-19-27(57)14-15-29(36)38-28-16-17-30-37(43(60)55(41(30)58)26-12-6-22(7-13-26)40-53-34-4-2-3-5-35(34)63-40)31(28)20-32-42(59)56(44(61)45(32,38)23-8-10-25(47)11-9-23)54-39-33(48)18-24(21-52-39)46(49,50)51/h2-16,18-19,21,30-32,37-38,57H,17,20H2,1H3,(H,52,54). The van der Waals surface area contributed by atoms with Gasteiger partial charge in [-0.3, -0.25) is 29.5 Å². The van der Waals surface area contributed by atoms with E-state index in [1.165, 1.54) is 19.2 Å². The number of benzene rings is 4. The minimum absolute atomic E-state index is 0.0903. The molecule has 17 heteroatoms. The number of hydrogen-bond donors (Lipinski definition) is 2. The number of aromatic hydroxyl groups is 1. The number of hydrogen-bond acceptors (Lipinski definition) is 10. The number of fused-ring (bicyclic) bond motifs is 5. The average Bonchev–Trinajstić information content (AvgIpc) is 3.88. The molecule has 1 saturated carbocycles. The van der Waals surface area contributed by atoms with Crippen LogP contribution in [0.5, 0.6) is 11.5 Å². The Kier molecular flexibility index (Phi) is 9.42. The van der Waals surface area contributed by atoms with E-state index in [0.29, 0.717) is 67.2 Å². The third kappa shape index (κ3) is 6.19. The van der Waals surface area contributed by atoms with Gasteiger partial charge in [-0.05, 0) is 85.0 Å². The number of pyridine rings is 1. The number of carbonyl (C=O) groups excluding carboxylic acids is 4. The van der Waals surface area contributed by atoms with E-state index in [1.807, 2.05) is 24.3 Å². The van der Waals surface area contributed by atoms with E-state index >= 15 is 9.59 Å². The van der Waals surface area contributed by atoms with Gasteiger partial charge in [-0.2, -0.15) is 18.2 Å². The molecule has 2 aromatic heterocycles. The SMILES string of the molecule is COc1cc(O)ccc1C1C2=CCC3C(=O)N(c4ccc(-c5nc6ccccc6o5)cc4)C(=O)C3C2CC2C(=O)N(Nc3ncc(C(F)(F)F)cc3Cl)C(=O)C21c1ccc(Cl)cc1. The van der Waals surface area contributed by atoms with Gasteiger partial charge in [0.25, 0.3) is 11.8 Å². The number of imide groups is 2. The second kappa shape index (κ2) is 14.7. The number of phenols is 1. The number of alkyl halides is 3. The van der Waals surface area contributed by atoms with Gasteiger partial charge in [0.05, 0.1) is 46.6 Å². The molecule has 2 aliphatic heterocycles. The molecule has 3 fully saturated rings. The first-order valence-electron chi connectivity index (χ1n) is 19.7. The normalized spacial score (nSPS) is 24.3. The molecule has 63 heavy (non-hydrogen) atoms. The molecule has 4 amide bonds. The molecule has 6 unspecified atom stereocenters. The number of amides is 4. The minimum atomic E-state index is -4.77. The highest BCUT2D eigenvalue weighted by Crippen LogP contribution is 2.65. The van der Waals surface area contributed by atoms with Crippen LogP contribution in [0.1, 0.15) is 35.4 Å². The van der Waals surface area contributed by atoms with Gasteiger partial charge in [-0.1, -0.05) is 65.2 Å². The van der Waals surface area contributed by atoms with Gasteiger partial charge < -0.3 is 14.3 Å². The molecular weight excluding hydrogens is 862 g/mol. The number of carbonyl (C=O) groups is 4. The predicted octanol–water partition coefficient (Wildman–Crippen LogP) is 9.12. The lowest BCUT2D eigenvalue weighted by Crippen LogP contribution is -2.53. The van der Waals surface area contributed by atoms with Crippen molar-refractivity contribution in [1.82, 2.24) is 15.0 Å². The fourth-order valence-corrected chi connectivity index (χ4v) is 10.4. The topological polar surface area (TPSA) is 155 Å². The van der Waals surface area contributed by atoms with Crippen LogP contribution in [-0.2, 0) is 30.8 Å². The van der Waals surface area contributed by atoms with Crippen molar-refractivity contribution < 1.29 is 46.6 Å². The number of anilines is 2. The van der Waals surface area contributed by atoms with Gasteiger partial charge >= 0.3 is 6.18 Å². The van der Waals surface area contributed by atoms with Crippen molar-refractivity contribution in [2.24, 2.45) is 23.7 Å². The van der Waals surface area contributed by atoms with Crippen molar-refractivity contribution >= 4 is 69.4 Å². The Hall–Kier alpha value is -6.71. The Bertz CT molecular complexity index is 2910. The first kappa shape index (κ1) is 40.4. The summed E-state index contributed by atoms with van der Waals surface area (Å²) in [6.45, 7) is 0. The summed E-state index contributed by atoms with van der Waals surface area (Å²) in [6.07, 6.45) is -2.36. The zero-order chi connectivity index (χ0) is 44.1. The number of halogens is 5. The fourth-order valence-electron chi connectivity index (χ4n) is 10.1. The third-order valence-corrected chi connectivity index (χ3v) is 13.3. The van der Waals surface area contributed by atoms with Crippen molar-refractivity contribution in [3.05, 3.63) is 142 Å². The van der Waals surface area contributed by atoms with Crippen LogP contribution in [0.25, 0.3) is 22.6 Å². The molecular formula is C46H32Cl2F3N5O7. The van der Waals surface area contributed by atoms with Gasteiger partial charge in [-0.25, -0.2) is 9.97 Å². The highest BCUT2D eigenvalue weighted by molar-refractivity contribution is 6.33. The highest BCUT2D eigenvalue weighted by atomic mass is 35.5. The lowest BCUT2D eigenvalue weighted by atomic mass is 9.49. The monoisotopic (exact) mass is 893 g/mol. The van der Waals surface area contributed by atoms with E-state index in [1.54, 1.807) is 60.7 Å². The Labute approximate surface area is 365 Å². The molecule has 0 bridgehead atoms. The summed E-state index contributed by atoms with van der Waals surface area (Å²) in [4.78, 5) is 69.3. The second-order valence-corrected chi connectivity index (χ2v) is 16.7. The number of rotatable bonds is 7. The number of nitrogens with zero attached hydrogens (tertiary/aromatic N) is 4. The molecule has 318 valence electrons. The Morgan fingerprint density at radius 3 is 2.35 bits per heavy atom. The number of methoxy groups -OCH3 is 1. The number of allylic oxidation sites excluding steroid dienone is 2. The lowest BCUT2D eigenvalue weighted by molar-refractivity contribution is -0.139. The second-order valence-electron chi connectivity index (χ2n) is 15.9. The summed E-state index contributed by atoms with van der Waals surface area (Å²) in [7, 11) is 1.39. The summed E-state index contributed by atoms with van der Waals surface area (Å²) in [5.74, 6) is -7.35. The molecule has 4 aliphatic rings. The number of para-hydroxylation sites is 2. The van der Waals surface area contributed by atoms with Crippen LogP contribution in [0.2, 0.25) is 10.0 Å². The molecule has 2 saturated heterocycles. The largest absolute Gasteiger partial charge is 0.508 e. The zero-order valence-electron chi connectivity index (χ0n) is 32.8. The maximum atomic E-state index is 15.5. The van der Waals surface area contributed by atoms with Crippen LogP contribution in [-0.4, -0.2) is 50.8 Å². The maximum absolute atomic E-state index is 15.5. The van der Waals surface area contributed by atoms with Gasteiger partial charge in [0.2, 0.25) is 17.7 Å². The molecule has 0 spiro atoms. The summed E-state index contributed by atoms with van der Waals surface area (Å²) in [6, 6.07) is 25.4. The Balaban J connectivity index is 1.09. The van der Waals surface area contributed by atoms with Gasteiger partial charge in [0, 0.05) is 34.3 Å². The van der Waals surface area contributed by atoms with E-state index in [0.717, 1.165) is 4.90 Å². The first-order chi connectivity index (χ1) is 30.2. The average molecular weight is 895 g/mol. The summed E-state index contributed by atoms with van der Waals surface area (Å²) < 4.78 is 52.5. The van der Waals surface area contributed by atoms with Crippen LogP contribution in [0.3, 0.4) is 0 Å². The number of aromatic nitrogens is 2. The van der Waals surface area contributed by atoms with Crippen molar-refractivity contribution in [3.8, 4) is 23.0 Å². The first-order valence-corrected chi connectivity index (χ1v) is 20.5. The van der Waals surface area contributed by atoms with E-state index in [-0.39, 0.29) is 30.2 Å². The molecule has 4 heterocycles. The fraction of sp³-hybridized carbons (Fsp3) is 0.217. The van der Waals surface area contributed by atoms with Gasteiger partial charge in [0.1, 0.15) is 17.0 Å². The molecule has 12 nitrogen and oxygen atoms in total. The quantitative estimate of drug-likeness (QED) is 0.117. The van der Waals surface area contributed by atoms with E-state index in [2.05, 4.69) is 15.4 Å². The van der Waals surface area contributed by atoms with Crippen molar-refractivity contribution in [2.75, 3.05) is 17.4 Å². The predicted molar refractivity (Wildman–Crippen MR) is 223 cm³/mol. The number of hydrazine groups is 1. The van der Waals surface area contributed by atoms with E-state index in [4.69, 9.17) is 32.4 Å². The van der Waals surface area contributed by atoms with Crippen molar-refractivity contribution in [1.29, 1.82) is 0 Å². The van der Waals surface area contributed by atoms with Crippen molar-refractivity contribution in [3.63, 3.8) is 0 Å². The molecule has 4 aromatic carbocycles. The number of nitrogens with one attached hydrogen (secondary N) is 1. The van der Waals surface area contributed by atoms with E-state index in [9.17, 15) is 27.9 Å². The van der Waals surface area contributed by atoms with E-state index < -0.39 is 75.4 Å². The van der Waals surface area contributed by atoms with Crippen LogP contribution >= 0.6 is 23.2 Å². The van der Waals surface area contributed by atoms with Crippen LogP contribution in [0.15, 0.2) is 119 Å². The molecule has 2 N–H and O–H groups in total. The Morgan fingerprint density at radius 2 is 1.65 bits per heavy atom. The lowest BCUT2D eigenvalue weighted by Gasteiger charge is -2.50. The van der Waals surface area contributed by atoms with Crippen molar-refractivity contribution in [2.45, 2.75) is 30.4 Å². The Morgan fingerprint density at radius 1 is 0.905 bits per heavy atom. The molecule has 10 rings (SSSR count). The number of ether oxygens (including phenoxy) is 1. The third-order valence-electron chi connectivity index (χ3n) is 12.8. The molecule has 2 aliphatic carbocycles. The van der Waals surface area contributed by atoms with Crippen LogP contribution in [0, 0.1) is 23.7 Å². The summed E-state index contributed by atoms with van der Waals surface area (Å²) >= 11 is 12.7. The highest BCUT2D eigenvalue weighted by Gasteiger charge is 2.71. The molecule has 6 aromatic rings. The minimum Gasteiger partial charge on any atom is -0.508 e. The van der Waals surface area contributed by atoms with Gasteiger partial charge in [0.15, 0.2) is 11.4 Å². The van der Waals surface area contributed by atoms with Gasteiger partial charge in [-0.15, -0.1) is 0 Å². The molecule has 0 radical (unpaired) electrons. The summed E-state index contributed by atoms with van der Waals surface area (Å²) in [5.41, 5.74) is 3.25. The smallest absolute Gasteiger partial charge is 0.417 e. The number of phenolic OH excluding ortho intramolecular Hbond substituents is 1. The maximum Gasteiger partial charge on any atom is 0.417 e. The van der Waals surface area contributed by atoms with Crippen LogP contribution < -0.4 is 15.1 Å². The summed E-state index contributed by atoms with van der Waals surface area (Å²) in [5, 5.41) is 11.1. The van der Waals surface area contributed by atoms with Crippen LogP contribution in [0.4, 0.5) is 24.7 Å².